The van der Waals surface area contributed by atoms with E-state index in [9.17, 15) is 9.50 Å². The summed E-state index contributed by atoms with van der Waals surface area (Å²) >= 11 is 1.56. The predicted molar refractivity (Wildman–Crippen MR) is 76.8 cm³/mol. The van der Waals surface area contributed by atoms with Crippen molar-refractivity contribution in [1.29, 1.82) is 0 Å². The van der Waals surface area contributed by atoms with E-state index in [2.05, 4.69) is 5.32 Å². The first-order valence-electron chi connectivity index (χ1n) is 6.27. The first-order chi connectivity index (χ1) is 9.08. The van der Waals surface area contributed by atoms with Gasteiger partial charge in [0, 0.05) is 12.6 Å². The number of nitrogens with one attached hydrogen (secondary N) is 1. The van der Waals surface area contributed by atoms with Crippen molar-refractivity contribution in [1.82, 2.24) is 5.32 Å². The Balaban J connectivity index is 1.93. The number of benzene rings is 1. The van der Waals surface area contributed by atoms with Crippen molar-refractivity contribution in [2.45, 2.75) is 26.0 Å². The van der Waals surface area contributed by atoms with Gasteiger partial charge in [-0.15, -0.1) is 0 Å². The summed E-state index contributed by atoms with van der Waals surface area (Å²) in [5, 5.41) is 17.1. The molecule has 19 heavy (non-hydrogen) atoms. The SMILES string of the molecule is Cc1ccc(C(C)NCC(O)c2ccsc2)cc1F. The van der Waals surface area contributed by atoms with Crippen molar-refractivity contribution in [2.75, 3.05) is 6.54 Å². The fourth-order valence-electron chi connectivity index (χ4n) is 1.87. The summed E-state index contributed by atoms with van der Waals surface area (Å²) in [6, 6.07) is 7.14. The van der Waals surface area contributed by atoms with E-state index in [1.54, 1.807) is 30.4 Å². The Morgan fingerprint density at radius 1 is 1.32 bits per heavy atom. The summed E-state index contributed by atoms with van der Waals surface area (Å²) in [7, 11) is 0. The lowest BCUT2D eigenvalue weighted by molar-refractivity contribution is 0.171. The molecule has 1 aromatic carbocycles. The van der Waals surface area contributed by atoms with Crippen LogP contribution in [-0.4, -0.2) is 11.7 Å². The second-order valence-electron chi connectivity index (χ2n) is 4.71. The Kier molecular flexibility index (Phi) is 4.69. The maximum Gasteiger partial charge on any atom is 0.126 e. The molecule has 1 heterocycles. The number of hydrogen-bond acceptors (Lipinski definition) is 3. The van der Waals surface area contributed by atoms with E-state index >= 15 is 0 Å². The van der Waals surface area contributed by atoms with E-state index < -0.39 is 6.10 Å². The molecule has 0 saturated heterocycles. The Morgan fingerprint density at radius 2 is 2.11 bits per heavy atom. The fraction of sp³-hybridized carbons (Fsp3) is 0.333. The van der Waals surface area contributed by atoms with Crippen molar-refractivity contribution >= 4 is 11.3 Å². The highest BCUT2D eigenvalue weighted by atomic mass is 32.1. The normalized spacial score (nSPS) is 14.3. The number of halogens is 1. The first-order valence-corrected chi connectivity index (χ1v) is 7.22. The van der Waals surface area contributed by atoms with Crippen molar-refractivity contribution < 1.29 is 9.50 Å². The molecule has 0 fully saturated rings. The van der Waals surface area contributed by atoms with Crippen LogP contribution in [0.1, 0.15) is 35.8 Å². The van der Waals surface area contributed by atoms with Crippen LogP contribution in [0.15, 0.2) is 35.0 Å². The minimum atomic E-state index is -0.524. The smallest absolute Gasteiger partial charge is 0.126 e. The summed E-state index contributed by atoms with van der Waals surface area (Å²) in [5.41, 5.74) is 2.45. The zero-order valence-electron chi connectivity index (χ0n) is 11.1. The number of aliphatic hydroxyl groups excluding tert-OH is 1. The maximum absolute atomic E-state index is 13.5. The maximum atomic E-state index is 13.5. The summed E-state index contributed by atoms with van der Waals surface area (Å²) < 4.78 is 13.5. The molecular formula is C15H18FNOS. The van der Waals surface area contributed by atoms with Gasteiger partial charge in [-0.05, 0) is 53.4 Å². The Hall–Kier alpha value is -1.23. The van der Waals surface area contributed by atoms with Crippen LogP contribution >= 0.6 is 11.3 Å². The van der Waals surface area contributed by atoms with Crippen LogP contribution in [-0.2, 0) is 0 Å². The van der Waals surface area contributed by atoms with Gasteiger partial charge in [-0.25, -0.2) is 4.39 Å². The van der Waals surface area contributed by atoms with Gasteiger partial charge in [-0.1, -0.05) is 12.1 Å². The molecule has 0 spiro atoms. The molecule has 102 valence electrons. The molecule has 2 N–H and O–H groups in total. The largest absolute Gasteiger partial charge is 0.387 e. The third kappa shape index (κ3) is 3.62. The second kappa shape index (κ2) is 6.28. The van der Waals surface area contributed by atoms with Crippen molar-refractivity contribution in [3.63, 3.8) is 0 Å². The van der Waals surface area contributed by atoms with Gasteiger partial charge in [0.2, 0.25) is 0 Å². The van der Waals surface area contributed by atoms with Gasteiger partial charge in [0.1, 0.15) is 5.82 Å². The third-order valence-corrected chi connectivity index (χ3v) is 3.94. The number of aryl methyl sites for hydroxylation is 1. The Morgan fingerprint density at radius 3 is 2.74 bits per heavy atom. The van der Waals surface area contributed by atoms with Gasteiger partial charge >= 0.3 is 0 Å². The predicted octanol–water partition coefficient (Wildman–Crippen LogP) is 3.58. The van der Waals surface area contributed by atoms with E-state index in [4.69, 9.17) is 0 Å². The van der Waals surface area contributed by atoms with Gasteiger partial charge in [-0.3, -0.25) is 0 Å². The first kappa shape index (κ1) is 14.2. The number of rotatable bonds is 5. The third-order valence-electron chi connectivity index (χ3n) is 3.24. The topological polar surface area (TPSA) is 32.3 Å². The van der Waals surface area contributed by atoms with Crippen LogP contribution < -0.4 is 5.32 Å². The van der Waals surface area contributed by atoms with E-state index in [1.807, 2.05) is 29.8 Å². The van der Waals surface area contributed by atoms with E-state index in [1.165, 1.54) is 0 Å². The highest BCUT2D eigenvalue weighted by Crippen LogP contribution is 2.19. The van der Waals surface area contributed by atoms with Gasteiger partial charge in [-0.2, -0.15) is 11.3 Å². The molecule has 0 amide bonds. The van der Waals surface area contributed by atoms with Gasteiger partial charge in [0.15, 0.2) is 0 Å². The van der Waals surface area contributed by atoms with E-state index in [0.717, 1.165) is 11.1 Å². The minimum Gasteiger partial charge on any atom is -0.387 e. The lowest BCUT2D eigenvalue weighted by Gasteiger charge is -2.17. The van der Waals surface area contributed by atoms with Crippen LogP contribution in [0.2, 0.25) is 0 Å². The number of thiophene rings is 1. The quantitative estimate of drug-likeness (QED) is 0.877. The average molecular weight is 279 g/mol. The van der Waals surface area contributed by atoms with Crippen molar-refractivity contribution in [2.24, 2.45) is 0 Å². The van der Waals surface area contributed by atoms with Crippen molar-refractivity contribution in [3.05, 3.63) is 57.5 Å². The van der Waals surface area contributed by atoms with Crippen LogP contribution in [0.5, 0.6) is 0 Å². The Labute approximate surface area is 116 Å². The molecule has 2 nitrogen and oxygen atoms in total. The molecule has 0 saturated carbocycles. The van der Waals surface area contributed by atoms with E-state index in [-0.39, 0.29) is 11.9 Å². The highest BCUT2D eigenvalue weighted by molar-refractivity contribution is 7.07. The highest BCUT2D eigenvalue weighted by Gasteiger charge is 2.11. The lowest BCUT2D eigenvalue weighted by Crippen LogP contribution is -2.24. The molecule has 0 aliphatic rings. The van der Waals surface area contributed by atoms with Gasteiger partial charge in [0.05, 0.1) is 6.10 Å². The summed E-state index contributed by atoms with van der Waals surface area (Å²) in [5.74, 6) is -0.190. The molecule has 0 aliphatic heterocycles. The van der Waals surface area contributed by atoms with Gasteiger partial charge in [0.25, 0.3) is 0 Å². The lowest BCUT2D eigenvalue weighted by atomic mass is 10.1. The molecule has 0 aliphatic carbocycles. The fourth-order valence-corrected chi connectivity index (χ4v) is 2.57. The van der Waals surface area contributed by atoms with Crippen LogP contribution in [0.25, 0.3) is 0 Å². The van der Waals surface area contributed by atoms with E-state index in [0.29, 0.717) is 12.1 Å². The molecule has 2 atom stereocenters. The van der Waals surface area contributed by atoms with Crippen LogP contribution in [0.3, 0.4) is 0 Å². The monoisotopic (exact) mass is 279 g/mol. The number of aliphatic hydroxyl groups is 1. The zero-order chi connectivity index (χ0) is 13.8. The van der Waals surface area contributed by atoms with Crippen LogP contribution in [0, 0.1) is 12.7 Å². The second-order valence-corrected chi connectivity index (χ2v) is 5.49. The summed E-state index contributed by atoms with van der Waals surface area (Å²) in [4.78, 5) is 0. The Bertz CT molecular complexity index is 527. The molecule has 2 rings (SSSR count). The molecule has 4 heteroatoms. The molecule has 0 bridgehead atoms. The standard InChI is InChI=1S/C15H18FNOS/c1-10-3-4-12(7-14(10)16)11(2)17-8-15(18)13-5-6-19-9-13/h3-7,9,11,15,17-18H,8H2,1-2H3. The van der Waals surface area contributed by atoms with Crippen molar-refractivity contribution in [3.8, 4) is 0 Å². The minimum absolute atomic E-state index is 0.00313. The van der Waals surface area contributed by atoms with Crippen LogP contribution in [0.4, 0.5) is 4.39 Å². The summed E-state index contributed by atoms with van der Waals surface area (Å²) in [6.07, 6.45) is -0.524. The molecule has 2 aromatic rings. The number of hydrogen-bond donors (Lipinski definition) is 2. The molecular weight excluding hydrogens is 261 g/mol. The zero-order valence-corrected chi connectivity index (χ0v) is 11.9. The summed E-state index contributed by atoms with van der Waals surface area (Å²) in [6.45, 7) is 4.16. The van der Waals surface area contributed by atoms with Gasteiger partial charge < -0.3 is 10.4 Å². The molecule has 1 aromatic heterocycles. The molecule has 0 radical (unpaired) electrons. The molecule has 2 unspecified atom stereocenters. The average Bonchev–Trinajstić information content (AvgIpc) is 2.92.